The molecule has 1 fully saturated rings. The van der Waals surface area contributed by atoms with Crippen LogP contribution in [0.3, 0.4) is 0 Å². The van der Waals surface area contributed by atoms with Crippen LogP contribution in [0.1, 0.15) is 174 Å². The number of fused-ring (bicyclic) bond motifs is 9. The van der Waals surface area contributed by atoms with Crippen LogP contribution in [0.2, 0.25) is 0 Å². The molecule has 3 aliphatic carbocycles. The molecule has 2 atom stereocenters. The van der Waals surface area contributed by atoms with Crippen LogP contribution in [0.5, 0.6) is 0 Å². The molecule has 5 aromatic carbocycles. The van der Waals surface area contributed by atoms with Crippen molar-refractivity contribution in [3.8, 4) is 11.1 Å². The molecule has 1 saturated carbocycles. The molecule has 0 N–H and O–H groups in total. The number of anilines is 4. The van der Waals surface area contributed by atoms with Crippen LogP contribution in [0, 0.1) is 0 Å². The summed E-state index contributed by atoms with van der Waals surface area (Å²) in [5, 5.41) is 0. The fourth-order valence-corrected chi connectivity index (χ4v) is 13.6. The van der Waals surface area contributed by atoms with Gasteiger partial charge >= 0.3 is 0 Å². The predicted octanol–water partition coefficient (Wildman–Crippen LogP) is 14.4. The van der Waals surface area contributed by atoms with Crippen molar-refractivity contribution in [2.24, 2.45) is 0 Å². The summed E-state index contributed by atoms with van der Waals surface area (Å²) < 4.78 is 0. The van der Waals surface area contributed by atoms with Crippen molar-refractivity contribution in [2.45, 2.75) is 173 Å². The minimum atomic E-state index is -0.255. The Hall–Kier alpha value is -4.50. The maximum Gasteiger partial charge on any atom is 0.252 e. The monoisotopic (exact) mass is 817 g/mol. The molecule has 2 unspecified atom stereocenters. The van der Waals surface area contributed by atoms with E-state index in [1.165, 1.54) is 117 Å². The van der Waals surface area contributed by atoms with Gasteiger partial charge in [-0.1, -0.05) is 170 Å². The van der Waals surface area contributed by atoms with Crippen molar-refractivity contribution >= 4 is 45.9 Å². The van der Waals surface area contributed by atoms with Crippen LogP contribution >= 0.6 is 0 Å². The zero-order valence-electron chi connectivity index (χ0n) is 40.4. The van der Waals surface area contributed by atoms with E-state index in [2.05, 4.69) is 198 Å². The molecule has 0 spiro atoms. The van der Waals surface area contributed by atoms with E-state index in [1.807, 2.05) is 0 Å². The topological polar surface area (TPSA) is 6.48 Å². The van der Waals surface area contributed by atoms with Crippen molar-refractivity contribution < 1.29 is 0 Å². The van der Waals surface area contributed by atoms with E-state index in [0.29, 0.717) is 0 Å². The molecule has 62 heavy (non-hydrogen) atoms. The zero-order valence-corrected chi connectivity index (χ0v) is 40.4. The van der Waals surface area contributed by atoms with Gasteiger partial charge in [0.25, 0.3) is 6.71 Å². The van der Waals surface area contributed by atoms with Gasteiger partial charge in [-0.3, -0.25) is 0 Å². The van der Waals surface area contributed by atoms with Crippen molar-refractivity contribution in [3.63, 3.8) is 0 Å². The Bertz CT molecular complexity index is 2770. The van der Waals surface area contributed by atoms with Crippen molar-refractivity contribution in [1.29, 1.82) is 0 Å². The summed E-state index contributed by atoms with van der Waals surface area (Å²) in [6.45, 7) is 34.8. The van der Waals surface area contributed by atoms with E-state index in [4.69, 9.17) is 0 Å². The van der Waals surface area contributed by atoms with E-state index in [-0.39, 0.29) is 44.7 Å². The van der Waals surface area contributed by atoms with Gasteiger partial charge in [-0.05, 0) is 145 Å². The van der Waals surface area contributed by atoms with Gasteiger partial charge in [-0.2, -0.15) is 0 Å². The first-order valence-electron chi connectivity index (χ1n) is 24.1. The van der Waals surface area contributed by atoms with Gasteiger partial charge in [0.2, 0.25) is 0 Å². The Morgan fingerprint density at radius 3 is 1.81 bits per heavy atom. The Labute approximate surface area is 374 Å². The van der Waals surface area contributed by atoms with Crippen molar-refractivity contribution in [1.82, 2.24) is 0 Å². The predicted molar refractivity (Wildman–Crippen MR) is 267 cm³/mol. The molecular weight excluding hydrogens is 747 g/mol. The molecule has 6 aliphatic rings. The lowest BCUT2D eigenvalue weighted by molar-refractivity contribution is 0.195. The van der Waals surface area contributed by atoms with Crippen LogP contribution < -0.4 is 20.7 Å². The number of nitrogens with zero attached hydrogens (tertiary/aromatic N) is 2. The zero-order chi connectivity index (χ0) is 43.9. The summed E-state index contributed by atoms with van der Waals surface area (Å²) in [7, 11) is 0. The Morgan fingerprint density at radius 1 is 0.548 bits per heavy atom. The molecule has 0 saturated heterocycles. The first-order chi connectivity index (χ1) is 29.0. The summed E-state index contributed by atoms with van der Waals surface area (Å²) in [6.07, 6.45) is 7.38. The quantitative estimate of drug-likeness (QED) is 0.164. The van der Waals surface area contributed by atoms with Crippen molar-refractivity contribution in [3.05, 3.63) is 136 Å². The minimum absolute atomic E-state index is 0.00883. The first-order valence-corrected chi connectivity index (χ1v) is 24.1. The fraction of sp³-hybridized carbons (Fsp3) is 0.458. The lowest BCUT2D eigenvalue weighted by Crippen LogP contribution is -2.61. The average Bonchev–Trinajstić information content (AvgIpc) is 3.57. The fourth-order valence-electron chi connectivity index (χ4n) is 13.6. The number of benzene rings is 5. The molecule has 3 aliphatic heterocycles. The highest BCUT2D eigenvalue weighted by Gasteiger charge is 2.63. The molecule has 3 heterocycles. The number of hydrogen-bond donors (Lipinski definition) is 0. The third-order valence-electron chi connectivity index (χ3n) is 17.7. The highest BCUT2D eigenvalue weighted by molar-refractivity contribution is 7.03. The lowest BCUT2D eigenvalue weighted by atomic mass is 9.32. The second-order valence-electron chi connectivity index (χ2n) is 24.8. The summed E-state index contributed by atoms with van der Waals surface area (Å²) in [4.78, 5) is 5.69. The summed E-state index contributed by atoms with van der Waals surface area (Å²) in [6, 6.07) is 36.9. The second kappa shape index (κ2) is 12.4. The highest BCUT2D eigenvalue weighted by atomic mass is 15.3. The number of hydrogen-bond acceptors (Lipinski definition) is 2. The van der Waals surface area contributed by atoms with Gasteiger partial charge in [-0.25, -0.2) is 0 Å². The van der Waals surface area contributed by atoms with Crippen LogP contribution in [0.25, 0.3) is 16.6 Å². The summed E-state index contributed by atoms with van der Waals surface area (Å²) in [5.74, 6) is 0. The molecule has 3 heteroatoms. The van der Waals surface area contributed by atoms with Crippen LogP contribution in [-0.4, -0.2) is 12.3 Å². The molecular formula is C59H69BN2. The van der Waals surface area contributed by atoms with Gasteiger partial charge in [0, 0.05) is 39.3 Å². The van der Waals surface area contributed by atoms with Gasteiger partial charge in [0.05, 0.1) is 5.54 Å². The second-order valence-corrected chi connectivity index (χ2v) is 24.8. The Balaban J connectivity index is 1.32. The lowest BCUT2D eigenvalue weighted by Gasteiger charge is -2.53. The number of rotatable bonds is 2. The van der Waals surface area contributed by atoms with Crippen LogP contribution in [0.4, 0.5) is 22.7 Å². The normalized spacial score (nSPS) is 24.6. The highest BCUT2D eigenvalue weighted by Crippen LogP contribution is 2.65. The van der Waals surface area contributed by atoms with Gasteiger partial charge in [0.15, 0.2) is 0 Å². The average molecular weight is 817 g/mol. The molecule has 318 valence electrons. The standard InChI is InChI=1S/C59H69BN2/c1-53(2,3)38-22-24-40(25-23-38)61-47-30-37(36-20-16-15-17-21-36)31-48-50(47)60(46-33-39(54(4,5)6)32-45-51(46)62(48)59(14)27-19-18-26-58(45,59)13)49-41-34-43-44(35-42(41)57(11,12)52(49)61)56(9,10)29-28-55(43,7)8/h15-17,20-25,30-35H,18-19,26-29H2,1-14H3. The molecule has 0 bridgehead atoms. The summed E-state index contributed by atoms with van der Waals surface area (Å²) in [5.41, 5.74) is 24.7. The van der Waals surface area contributed by atoms with E-state index in [0.717, 1.165) is 0 Å². The molecule has 0 amide bonds. The molecule has 2 nitrogen and oxygen atoms in total. The van der Waals surface area contributed by atoms with E-state index in [9.17, 15) is 0 Å². The SMILES string of the molecule is CC(C)(C)c1ccc(N2C3=C(B4c5cc(C(C)(C)C)cc6c5N(c5cc(-c7ccccc7)cc2c54)C2(C)CCCCC62C)c2cc4c(cc2C3(C)C)C(C)(C)CCC4(C)C)cc1. The van der Waals surface area contributed by atoms with E-state index >= 15 is 0 Å². The maximum absolute atomic E-state index is 2.93. The van der Waals surface area contributed by atoms with Crippen molar-refractivity contribution in [2.75, 3.05) is 9.80 Å². The van der Waals surface area contributed by atoms with Gasteiger partial charge in [0.1, 0.15) is 0 Å². The first kappa shape index (κ1) is 40.3. The Morgan fingerprint density at radius 2 is 1.16 bits per heavy atom. The van der Waals surface area contributed by atoms with E-state index < -0.39 is 0 Å². The van der Waals surface area contributed by atoms with Gasteiger partial charge < -0.3 is 9.80 Å². The maximum atomic E-state index is 2.93. The van der Waals surface area contributed by atoms with Gasteiger partial charge in [-0.15, -0.1) is 0 Å². The molecule has 5 aromatic rings. The number of allylic oxidation sites excluding steroid dienone is 1. The van der Waals surface area contributed by atoms with Crippen LogP contribution in [0.15, 0.2) is 96.7 Å². The van der Waals surface area contributed by atoms with E-state index in [1.54, 1.807) is 16.7 Å². The summed E-state index contributed by atoms with van der Waals surface area (Å²) >= 11 is 0. The Kier molecular flexibility index (Phi) is 8.06. The largest absolute Gasteiger partial charge is 0.335 e. The smallest absolute Gasteiger partial charge is 0.252 e. The molecule has 0 radical (unpaired) electrons. The van der Waals surface area contributed by atoms with Crippen LogP contribution in [-0.2, 0) is 32.5 Å². The minimum Gasteiger partial charge on any atom is -0.335 e. The molecule has 0 aromatic heterocycles. The third-order valence-corrected chi connectivity index (χ3v) is 17.7. The molecule has 11 rings (SSSR count). The third kappa shape index (κ3) is 5.17.